The van der Waals surface area contributed by atoms with E-state index in [0.29, 0.717) is 0 Å². The minimum atomic E-state index is -0.253. The Morgan fingerprint density at radius 3 is 1.77 bits per heavy atom. The molecular formula is C79H87N3. The number of allylic oxidation sites excluding steroid dienone is 4. The maximum Gasteiger partial charge on any atom is 0.0531 e. The Kier molecular flexibility index (Phi) is 13.6. The van der Waals surface area contributed by atoms with Gasteiger partial charge < -0.3 is 15.5 Å². The number of hydrogen-bond acceptors (Lipinski definition) is 3. The van der Waals surface area contributed by atoms with Crippen LogP contribution in [-0.4, -0.2) is 0 Å². The van der Waals surface area contributed by atoms with Gasteiger partial charge in [-0.05, 0) is 224 Å². The molecule has 0 radical (unpaired) electrons. The van der Waals surface area contributed by atoms with E-state index < -0.39 is 0 Å². The normalized spacial score (nSPS) is 17.9. The lowest BCUT2D eigenvalue weighted by molar-refractivity contribution is 0.331. The van der Waals surface area contributed by atoms with Gasteiger partial charge in [-0.2, -0.15) is 0 Å². The van der Waals surface area contributed by atoms with Crippen LogP contribution in [0.3, 0.4) is 0 Å². The van der Waals surface area contributed by atoms with Gasteiger partial charge in [-0.3, -0.25) is 0 Å². The van der Waals surface area contributed by atoms with Gasteiger partial charge in [0.15, 0.2) is 0 Å². The average molecular weight is 1080 g/mol. The molecule has 3 aliphatic carbocycles. The smallest absolute Gasteiger partial charge is 0.0531 e. The Bertz CT molecular complexity index is 3870. The molecular weight excluding hydrogens is 991 g/mol. The molecule has 0 unspecified atom stereocenters. The van der Waals surface area contributed by atoms with Crippen LogP contribution in [-0.2, 0) is 33.5 Å². The standard InChI is InChI=1S/C79H87N3/c1-50(2)57-45-62(63-47-60(35-37-71(63)80)81(59-27-21-26-56(44-59)54-24-16-15-17-25-54)58-33-31-55(32-34-58)61-28-19-18-22-51(61)3)64(42-53-30-36-65-67(43-53)76(7,8)39-38-75(65,5)6)72(46-57)82-73-49-69-68(77(9,10)40-41-78(69,11)12)48-70(73)79(13,14)66-29-20-23-52(4)74(66)82/h15-17,20-37,43-50H,18-19,38-42,80H2,1-14H3. The molecule has 12 rings (SSSR count). The lowest BCUT2D eigenvalue weighted by Gasteiger charge is -2.48. The molecule has 3 heteroatoms. The Labute approximate surface area is 492 Å². The Morgan fingerprint density at radius 2 is 1.09 bits per heavy atom. The summed E-state index contributed by atoms with van der Waals surface area (Å²) in [6.45, 7) is 33.9. The molecule has 0 aromatic heterocycles. The van der Waals surface area contributed by atoms with Crippen molar-refractivity contribution in [1.82, 2.24) is 0 Å². The molecule has 0 saturated carbocycles. The minimum Gasteiger partial charge on any atom is -0.398 e. The summed E-state index contributed by atoms with van der Waals surface area (Å²) in [5, 5.41) is 0. The van der Waals surface area contributed by atoms with E-state index in [4.69, 9.17) is 5.73 Å². The summed E-state index contributed by atoms with van der Waals surface area (Å²) in [5.74, 6) is 0.233. The van der Waals surface area contributed by atoms with Crippen molar-refractivity contribution in [3.8, 4) is 22.3 Å². The van der Waals surface area contributed by atoms with Crippen molar-refractivity contribution >= 4 is 45.4 Å². The van der Waals surface area contributed by atoms with Crippen molar-refractivity contribution in [2.75, 3.05) is 15.5 Å². The molecule has 8 aromatic rings. The fourth-order valence-electron chi connectivity index (χ4n) is 14.6. The third kappa shape index (κ3) is 9.54. The minimum absolute atomic E-state index is 0.0179. The molecule has 0 bridgehead atoms. The number of aryl methyl sites for hydroxylation is 1. The lowest BCUT2D eigenvalue weighted by atomic mass is 9.61. The quantitative estimate of drug-likeness (QED) is 0.139. The van der Waals surface area contributed by atoms with Gasteiger partial charge in [-0.1, -0.05) is 198 Å². The van der Waals surface area contributed by atoms with Gasteiger partial charge in [0.05, 0.1) is 17.1 Å². The predicted molar refractivity (Wildman–Crippen MR) is 353 cm³/mol. The van der Waals surface area contributed by atoms with Gasteiger partial charge in [-0.15, -0.1) is 0 Å². The summed E-state index contributed by atoms with van der Waals surface area (Å²) in [6.07, 6.45) is 12.3. The number of benzene rings is 8. The van der Waals surface area contributed by atoms with Crippen molar-refractivity contribution in [1.29, 1.82) is 0 Å². The molecule has 82 heavy (non-hydrogen) atoms. The third-order valence-corrected chi connectivity index (χ3v) is 20.1. The van der Waals surface area contributed by atoms with Crippen molar-refractivity contribution in [3.63, 3.8) is 0 Å². The summed E-state index contributed by atoms with van der Waals surface area (Å²) >= 11 is 0. The van der Waals surface area contributed by atoms with Gasteiger partial charge in [0.1, 0.15) is 0 Å². The van der Waals surface area contributed by atoms with Crippen LogP contribution in [0.5, 0.6) is 0 Å². The summed E-state index contributed by atoms with van der Waals surface area (Å²) < 4.78 is 0. The van der Waals surface area contributed by atoms with Crippen LogP contribution in [0.25, 0.3) is 27.8 Å². The number of para-hydroxylation sites is 1. The first-order valence-electron chi connectivity index (χ1n) is 30.7. The van der Waals surface area contributed by atoms with Crippen LogP contribution in [0.4, 0.5) is 39.8 Å². The van der Waals surface area contributed by atoms with Gasteiger partial charge in [0, 0.05) is 40.1 Å². The SMILES string of the molecule is CC1=CCCC=C1c1ccc(N(c2cccc(-c3ccccc3)c2)c2ccc(N)c(-c3cc(C(C)C)cc(N4c5cc6c(cc5C(C)(C)c5cccc(C)c54)C(C)(C)CCC6(C)C)c3Cc3ccc4c(c3)C(C)(C)CCC4(C)C)c2)cc1. The van der Waals surface area contributed by atoms with Gasteiger partial charge in [0.2, 0.25) is 0 Å². The van der Waals surface area contributed by atoms with Crippen LogP contribution in [0.1, 0.15) is 196 Å². The highest BCUT2D eigenvalue weighted by molar-refractivity contribution is 5.95. The van der Waals surface area contributed by atoms with Crippen LogP contribution < -0.4 is 15.5 Å². The highest BCUT2D eigenvalue weighted by atomic mass is 15.2. The van der Waals surface area contributed by atoms with Gasteiger partial charge >= 0.3 is 0 Å². The van der Waals surface area contributed by atoms with E-state index in [0.717, 1.165) is 60.4 Å². The van der Waals surface area contributed by atoms with Crippen LogP contribution in [0.2, 0.25) is 0 Å². The van der Waals surface area contributed by atoms with Crippen molar-refractivity contribution < 1.29 is 0 Å². The van der Waals surface area contributed by atoms with Crippen LogP contribution in [0, 0.1) is 6.92 Å². The fourth-order valence-corrected chi connectivity index (χ4v) is 14.6. The Hall–Kier alpha value is -7.36. The second-order valence-corrected chi connectivity index (χ2v) is 28.3. The first-order valence-corrected chi connectivity index (χ1v) is 30.7. The number of rotatable bonds is 10. The molecule has 0 spiro atoms. The number of nitrogen functional groups attached to an aromatic ring is 1. The second-order valence-electron chi connectivity index (χ2n) is 28.3. The van der Waals surface area contributed by atoms with E-state index in [2.05, 4.69) is 277 Å². The maximum atomic E-state index is 7.59. The van der Waals surface area contributed by atoms with Crippen LogP contribution >= 0.6 is 0 Å². The molecule has 1 aliphatic heterocycles. The summed E-state index contributed by atoms with van der Waals surface area (Å²) in [7, 11) is 0. The fraction of sp³-hybridized carbons (Fsp3) is 0.342. The molecule has 0 fully saturated rings. The van der Waals surface area contributed by atoms with E-state index >= 15 is 0 Å². The van der Waals surface area contributed by atoms with E-state index in [9.17, 15) is 0 Å². The van der Waals surface area contributed by atoms with E-state index in [1.807, 2.05) is 0 Å². The molecule has 8 aromatic carbocycles. The molecule has 418 valence electrons. The number of anilines is 7. The van der Waals surface area contributed by atoms with E-state index in [1.54, 1.807) is 0 Å². The number of nitrogens with zero attached hydrogens (tertiary/aromatic N) is 2. The third-order valence-electron chi connectivity index (χ3n) is 20.1. The van der Waals surface area contributed by atoms with Crippen molar-refractivity contribution in [3.05, 3.63) is 237 Å². The molecule has 1 heterocycles. The molecule has 2 N–H and O–H groups in total. The molecule has 0 saturated heterocycles. The highest BCUT2D eigenvalue weighted by Gasteiger charge is 2.45. The Balaban J connectivity index is 1.14. The zero-order valence-corrected chi connectivity index (χ0v) is 51.7. The summed E-state index contributed by atoms with van der Waals surface area (Å²) in [5.41, 5.74) is 37.8. The molecule has 4 aliphatic rings. The first kappa shape index (κ1) is 55.2. The number of fused-ring (bicyclic) bond motifs is 4. The first-order chi connectivity index (χ1) is 38.9. The molecule has 3 nitrogen and oxygen atoms in total. The highest BCUT2D eigenvalue weighted by Crippen LogP contribution is 2.59. The summed E-state index contributed by atoms with van der Waals surface area (Å²) in [6, 6.07) is 60.7. The zero-order valence-electron chi connectivity index (χ0n) is 51.7. The van der Waals surface area contributed by atoms with Crippen LogP contribution in [0.15, 0.2) is 175 Å². The number of nitrogens with two attached hydrogens (primary N) is 1. The van der Waals surface area contributed by atoms with E-state index in [-0.39, 0.29) is 33.0 Å². The van der Waals surface area contributed by atoms with Gasteiger partial charge in [0.25, 0.3) is 0 Å². The lowest BCUT2D eigenvalue weighted by Crippen LogP contribution is -2.37. The topological polar surface area (TPSA) is 32.5 Å². The number of hydrogen-bond donors (Lipinski definition) is 1. The monoisotopic (exact) mass is 1080 g/mol. The van der Waals surface area contributed by atoms with Crippen molar-refractivity contribution in [2.24, 2.45) is 0 Å². The second kappa shape index (κ2) is 20.2. The molecule has 0 amide bonds. The van der Waals surface area contributed by atoms with E-state index in [1.165, 1.54) is 119 Å². The molecule has 0 atom stereocenters. The maximum absolute atomic E-state index is 7.59. The summed E-state index contributed by atoms with van der Waals surface area (Å²) in [4.78, 5) is 5.16. The van der Waals surface area contributed by atoms with Gasteiger partial charge in [-0.25, -0.2) is 0 Å². The zero-order chi connectivity index (χ0) is 57.8. The average Bonchev–Trinajstić information content (AvgIpc) is 0.903. The largest absolute Gasteiger partial charge is 0.398 e. The van der Waals surface area contributed by atoms with Crippen molar-refractivity contribution in [2.45, 2.75) is 175 Å². The predicted octanol–water partition coefficient (Wildman–Crippen LogP) is 22.0. The Morgan fingerprint density at radius 1 is 0.476 bits per heavy atom.